The number of rotatable bonds is 66. The van der Waals surface area contributed by atoms with E-state index in [1.807, 2.05) is 6.08 Å². The first-order chi connectivity index (χ1) is 39.5. The van der Waals surface area contributed by atoms with Gasteiger partial charge in [0.1, 0.15) is 0 Å². The van der Waals surface area contributed by atoms with E-state index in [0.29, 0.717) is 19.4 Å². The van der Waals surface area contributed by atoms with Crippen molar-refractivity contribution >= 4 is 11.9 Å². The quantitative estimate of drug-likeness (QED) is 0.0320. The average molecular weight is 1120 g/mol. The maximum Gasteiger partial charge on any atom is 0.305 e. The number of aliphatic hydroxyl groups is 2. The highest BCUT2D eigenvalue weighted by molar-refractivity contribution is 5.76. The van der Waals surface area contributed by atoms with Crippen LogP contribution in [0.2, 0.25) is 0 Å². The fourth-order valence-electron chi connectivity index (χ4n) is 10.8. The van der Waals surface area contributed by atoms with E-state index < -0.39 is 12.1 Å². The van der Waals surface area contributed by atoms with Gasteiger partial charge in [-0.3, -0.25) is 9.59 Å². The van der Waals surface area contributed by atoms with E-state index >= 15 is 0 Å². The average Bonchev–Trinajstić information content (AvgIpc) is 3.46. The van der Waals surface area contributed by atoms with Gasteiger partial charge in [-0.1, -0.05) is 331 Å². The van der Waals surface area contributed by atoms with Crippen molar-refractivity contribution in [1.29, 1.82) is 0 Å². The molecule has 0 saturated heterocycles. The standard InChI is InChI=1S/C74H137NO5/c1-3-5-7-9-11-13-15-17-19-20-21-33-36-39-42-46-50-54-58-62-66-72(77)71(70-76)75-73(78)67-63-59-55-51-47-43-40-37-34-31-29-27-25-23-22-24-26-28-30-32-35-38-41-45-49-53-57-61-65-69-80-74(79)68-64-60-56-52-48-44-18-16-14-12-10-8-6-4-2/h10,12,16,18,22,24,28,30,62,66,71-72,76-77H,3-9,11,13-15,17,19-21,23,25-27,29,31-61,63-65,67-70H2,1-2H3,(H,75,78)/b12-10-,18-16-,24-22-,30-28-,66-62+. The van der Waals surface area contributed by atoms with Gasteiger partial charge in [-0.15, -0.1) is 0 Å². The first-order valence-electron chi connectivity index (χ1n) is 35.6. The van der Waals surface area contributed by atoms with Crippen molar-refractivity contribution in [3.8, 4) is 0 Å². The van der Waals surface area contributed by atoms with Gasteiger partial charge in [-0.2, -0.15) is 0 Å². The molecule has 0 heterocycles. The molecule has 1 amide bonds. The lowest BCUT2D eigenvalue weighted by Gasteiger charge is -2.20. The Bertz CT molecular complexity index is 1380. The van der Waals surface area contributed by atoms with E-state index in [-0.39, 0.29) is 18.5 Å². The van der Waals surface area contributed by atoms with Crippen LogP contribution in [-0.4, -0.2) is 47.4 Å². The molecule has 6 heteroatoms. The Morgan fingerprint density at radius 1 is 0.350 bits per heavy atom. The van der Waals surface area contributed by atoms with Crippen LogP contribution in [0.25, 0.3) is 0 Å². The van der Waals surface area contributed by atoms with E-state index in [4.69, 9.17) is 4.74 Å². The van der Waals surface area contributed by atoms with Crippen LogP contribution in [0.4, 0.5) is 0 Å². The molecule has 0 saturated carbocycles. The minimum atomic E-state index is -0.847. The van der Waals surface area contributed by atoms with Crippen molar-refractivity contribution in [2.75, 3.05) is 13.2 Å². The summed E-state index contributed by atoms with van der Waals surface area (Å²) in [7, 11) is 0. The molecular formula is C74H137NO5. The Kier molecular flexibility index (Phi) is 66.9. The number of amides is 1. The molecule has 2 atom stereocenters. The van der Waals surface area contributed by atoms with Gasteiger partial charge in [0.05, 0.1) is 25.4 Å². The SMILES string of the molecule is CCCC/C=C\C/C=C\CCCCCCCC(=O)OCCCCCCCCCCC/C=C\C/C=C\CCCCCCCCCCCCCCCC(=O)NC(CO)C(O)/C=C/CCCCCCCCCCCCCCCCCCCC. The second-order valence-electron chi connectivity index (χ2n) is 24.2. The van der Waals surface area contributed by atoms with Gasteiger partial charge in [-0.25, -0.2) is 0 Å². The van der Waals surface area contributed by atoms with Crippen LogP contribution in [0, 0.1) is 0 Å². The molecule has 80 heavy (non-hydrogen) atoms. The topological polar surface area (TPSA) is 95.9 Å². The third-order valence-electron chi connectivity index (χ3n) is 16.3. The van der Waals surface area contributed by atoms with Gasteiger partial charge in [0.2, 0.25) is 5.91 Å². The fourth-order valence-corrected chi connectivity index (χ4v) is 10.8. The number of allylic oxidation sites excluding steroid dienone is 9. The molecule has 0 aliphatic rings. The lowest BCUT2D eigenvalue weighted by Crippen LogP contribution is -2.45. The number of hydrogen-bond donors (Lipinski definition) is 3. The summed E-state index contributed by atoms with van der Waals surface area (Å²) in [5, 5.41) is 23.2. The molecule has 6 nitrogen and oxygen atoms in total. The monoisotopic (exact) mass is 1120 g/mol. The van der Waals surface area contributed by atoms with E-state index in [1.165, 1.54) is 289 Å². The largest absolute Gasteiger partial charge is 0.466 e. The lowest BCUT2D eigenvalue weighted by molar-refractivity contribution is -0.143. The highest BCUT2D eigenvalue weighted by atomic mass is 16.5. The summed E-state index contributed by atoms with van der Waals surface area (Å²) in [6.07, 6.45) is 91.5. The molecule has 0 aliphatic heterocycles. The van der Waals surface area contributed by atoms with Crippen LogP contribution >= 0.6 is 0 Å². The molecule has 0 spiro atoms. The van der Waals surface area contributed by atoms with Crippen LogP contribution in [0.3, 0.4) is 0 Å². The number of aliphatic hydroxyl groups excluding tert-OH is 2. The molecule has 0 aliphatic carbocycles. The highest BCUT2D eigenvalue weighted by Gasteiger charge is 2.18. The number of carbonyl (C=O) groups is 2. The number of unbranched alkanes of at least 4 members (excludes halogenated alkanes) is 47. The van der Waals surface area contributed by atoms with Crippen molar-refractivity contribution in [1.82, 2.24) is 5.32 Å². The maximum absolute atomic E-state index is 12.5. The molecule has 0 aromatic carbocycles. The van der Waals surface area contributed by atoms with Crippen LogP contribution < -0.4 is 5.32 Å². The van der Waals surface area contributed by atoms with E-state index in [2.05, 4.69) is 67.8 Å². The fraction of sp³-hybridized carbons (Fsp3) is 0.838. The Morgan fingerprint density at radius 3 is 0.988 bits per heavy atom. The summed E-state index contributed by atoms with van der Waals surface area (Å²) in [6.45, 7) is 4.88. The van der Waals surface area contributed by atoms with Gasteiger partial charge in [0, 0.05) is 12.8 Å². The number of carbonyl (C=O) groups excluding carboxylic acids is 2. The summed E-state index contributed by atoms with van der Waals surface area (Å²) in [6, 6.07) is -0.631. The third kappa shape index (κ3) is 64.7. The van der Waals surface area contributed by atoms with Crippen LogP contribution in [0.5, 0.6) is 0 Å². The van der Waals surface area contributed by atoms with Crippen LogP contribution in [0.15, 0.2) is 60.8 Å². The zero-order valence-corrected chi connectivity index (χ0v) is 53.6. The predicted octanol–water partition coefficient (Wildman–Crippen LogP) is 23.0. The minimum absolute atomic E-state index is 0.00315. The first kappa shape index (κ1) is 77.6. The van der Waals surface area contributed by atoms with Crippen molar-refractivity contribution in [3.05, 3.63) is 60.8 Å². The van der Waals surface area contributed by atoms with Crippen molar-refractivity contribution < 1.29 is 24.5 Å². The Labute approximate surface area is 499 Å². The highest BCUT2D eigenvalue weighted by Crippen LogP contribution is 2.18. The maximum atomic E-state index is 12.5. The summed E-state index contributed by atoms with van der Waals surface area (Å²) < 4.78 is 5.47. The third-order valence-corrected chi connectivity index (χ3v) is 16.3. The number of hydrogen-bond acceptors (Lipinski definition) is 5. The molecule has 0 aromatic rings. The van der Waals surface area contributed by atoms with Gasteiger partial charge in [0.15, 0.2) is 0 Å². The van der Waals surface area contributed by atoms with E-state index in [1.54, 1.807) is 6.08 Å². The van der Waals surface area contributed by atoms with E-state index in [9.17, 15) is 19.8 Å². The summed E-state index contributed by atoms with van der Waals surface area (Å²) >= 11 is 0. The van der Waals surface area contributed by atoms with Gasteiger partial charge < -0.3 is 20.3 Å². The summed E-state index contributed by atoms with van der Waals surface area (Å²) in [4.78, 5) is 24.6. The molecule has 2 unspecified atom stereocenters. The smallest absolute Gasteiger partial charge is 0.305 e. The number of nitrogens with one attached hydrogen (secondary N) is 1. The zero-order valence-electron chi connectivity index (χ0n) is 53.6. The molecular weight excluding hydrogens is 983 g/mol. The van der Waals surface area contributed by atoms with Crippen molar-refractivity contribution in [3.63, 3.8) is 0 Å². The summed E-state index contributed by atoms with van der Waals surface area (Å²) in [5.41, 5.74) is 0. The Balaban J connectivity index is 3.44. The van der Waals surface area contributed by atoms with Gasteiger partial charge in [-0.05, 0) is 89.9 Å². The van der Waals surface area contributed by atoms with Gasteiger partial charge >= 0.3 is 5.97 Å². The molecule has 3 N–H and O–H groups in total. The normalized spacial score (nSPS) is 12.9. The predicted molar refractivity (Wildman–Crippen MR) is 352 cm³/mol. The first-order valence-corrected chi connectivity index (χ1v) is 35.6. The molecule has 0 aromatic heterocycles. The number of ether oxygens (including phenoxy) is 1. The van der Waals surface area contributed by atoms with Crippen molar-refractivity contribution in [2.24, 2.45) is 0 Å². The molecule has 468 valence electrons. The number of esters is 1. The second-order valence-corrected chi connectivity index (χ2v) is 24.2. The second kappa shape index (κ2) is 69.1. The zero-order chi connectivity index (χ0) is 57.8. The van der Waals surface area contributed by atoms with Crippen LogP contribution in [0.1, 0.15) is 373 Å². The molecule has 0 fully saturated rings. The minimum Gasteiger partial charge on any atom is -0.466 e. The summed E-state index contributed by atoms with van der Waals surface area (Å²) in [5.74, 6) is -0.0696. The van der Waals surface area contributed by atoms with Crippen LogP contribution in [-0.2, 0) is 14.3 Å². The molecule has 0 rings (SSSR count). The van der Waals surface area contributed by atoms with Gasteiger partial charge in [0.25, 0.3) is 0 Å². The molecule has 0 bridgehead atoms. The lowest BCUT2D eigenvalue weighted by atomic mass is 10.0. The van der Waals surface area contributed by atoms with Crippen molar-refractivity contribution in [2.45, 2.75) is 386 Å². The van der Waals surface area contributed by atoms with E-state index in [0.717, 1.165) is 57.8 Å². The molecule has 0 radical (unpaired) electrons. The Hall–Kier alpha value is -2.44. The Morgan fingerprint density at radius 2 is 0.637 bits per heavy atom.